The van der Waals surface area contributed by atoms with Gasteiger partial charge in [-0.3, -0.25) is 0 Å². The number of ether oxygens (including phenoxy) is 1. The topological polar surface area (TPSA) is 80.4 Å². The predicted molar refractivity (Wildman–Crippen MR) is 93.5 cm³/mol. The highest BCUT2D eigenvalue weighted by Crippen LogP contribution is 2.26. The molecule has 2 rings (SSSR count). The molecule has 6 heteroatoms. The minimum absolute atomic E-state index is 0.195. The second-order valence-corrected chi connectivity index (χ2v) is 7.21. The molecule has 1 aromatic carbocycles. The zero-order chi connectivity index (χ0) is 17.7. The number of rotatable bonds is 7. The van der Waals surface area contributed by atoms with Crippen LogP contribution in [-0.4, -0.2) is 34.5 Å². The molecule has 0 spiro atoms. The number of aliphatic hydroxyl groups is 1. The quantitative estimate of drug-likeness (QED) is 0.809. The Morgan fingerprint density at radius 2 is 1.96 bits per heavy atom. The van der Waals surface area contributed by atoms with E-state index in [0.29, 0.717) is 17.8 Å². The summed E-state index contributed by atoms with van der Waals surface area (Å²) in [5, 5.41) is 16.9. The Morgan fingerprint density at radius 1 is 1.25 bits per heavy atom. The second kappa shape index (κ2) is 7.66. The smallest absolute Gasteiger partial charge is 0.263 e. The van der Waals surface area contributed by atoms with Gasteiger partial charge in [0.1, 0.15) is 18.5 Å². The highest BCUT2D eigenvalue weighted by molar-refractivity contribution is 5.35. The summed E-state index contributed by atoms with van der Waals surface area (Å²) in [4.78, 5) is 4.27. The van der Waals surface area contributed by atoms with Crippen LogP contribution >= 0.6 is 0 Å². The van der Waals surface area contributed by atoms with Crippen LogP contribution in [0.3, 0.4) is 0 Å². The molecule has 1 aromatic heterocycles. The molecular weight excluding hydrogens is 306 g/mol. The first-order valence-corrected chi connectivity index (χ1v) is 8.25. The molecule has 0 fully saturated rings. The number of anilines is 1. The summed E-state index contributed by atoms with van der Waals surface area (Å²) in [6.45, 7) is 10.7. The first kappa shape index (κ1) is 18.3. The Labute approximate surface area is 143 Å². The molecule has 0 amide bonds. The van der Waals surface area contributed by atoms with E-state index in [-0.39, 0.29) is 18.6 Å². The average molecular weight is 333 g/mol. The van der Waals surface area contributed by atoms with Gasteiger partial charge < -0.3 is 19.7 Å². The summed E-state index contributed by atoms with van der Waals surface area (Å²) < 4.78 is 11.0. The van der Waals surface area contributed by atoms with Crippen molar-refractivity contribution in [1.82, 2.24) is 10.1 Å². The number of nitrogens with zero attached hydrogens (tertiary/aromatic N) is 2. The molecule has 0 saturated carbocycles. The standard InChI is InChI=1S/C18H27N3O3/c1-12(2)14-8-6-7-9-15(14)23-11-13(22)10-19-17-20-16(24-21-17)18(3,4)5/h6-9,12-13,22H,10-11H2,1-5H3,(H,19,21). The van der Waals surface area contributed by atoms with E-state index in [2.05, 4.69) is 29.3 Å². The Kier molecular flexibility index (Phi) is 5.83. The van der Waals surface area contributed by atoms with Gasteiger partial charge in [0.05, 0.1) is 0 Å². The summed E-state index contributed by atoms with van der Waals surface area (Å²) in [5.41, 5.74) is 0.931. The summed E-state index contributed by atoms with van der Waals surface area (Å²) >= 11 is 0. The second-order valence-electron chi connectivity index (χ2n) is 7.21. The van der Waals surface area contributed by atoms with Gasteiger partial charge in [0, 0.05) is 12.0 Å². The van der Waals surface area contributed by atoms with E-state index < -0.39 is 6.10 Å². The van der Waals surface area contributed by atoms with Crippen molar-refractivity contribution in [2.75, 3.05) is 18.5 Å². The number of para-hydroxylation sites is 1. The molecule has 1 unspecified atom stereocenters. The van der Waals surface area contributed by atoms with Gasteiger partial charge in [0.25, 0.3) is 5.95 Å². The zero-order valence-electron chi connectivity index (χ0n) is 15.0. The summed E-state index contributed by atoms with van der Waals surface area (Å²) in [6.07, 6.45) is -0.679. The van der Waals surface area contributed by atoms with Crippen LogP contribution in [-0.2, 0) is 5.41 Å². The van der Waals surface area contributed by atoms with E-state index in [0.717, 1.165) is 11.3 Å². The van der Waals surface area contributed by atoms with Gasteiger partial charge in [0.2, 0.25) is 5.89 Å². The van der Waals surface area contributed by atoms with Crippen molar-refractivity contribution in [2.45, 2.75) is 52.1 Å². The molecule has 2 aromatic rings. The molecule has 0 aliphatic heterocycles. The lowest BCUT2D eigenvalue weighted by molar-refractivity contribution is 0.116. The van der Waals surface area contributed by atoms with Crippen LogP contribution in [0.5, 0.6) is 5.75 Å². The molecule has 2 N–H and O–H groups in total. The van der Waals surface area contributed by atoms with Crippen molar-refractivity contribution < 1.29 is 14.4 Å². The molecule has 132 valence electrons. The van der Waals surface area contributed by atoms with Crippen molar-refractivity contribution in [3.05, 3.63) is 35.7 Å². The molecule has 0 saturated heterocycles. The average Bonchev–Trinajstić information content (AvgIpc) is 3.00. The van der Waals surface area contributed by atoms with E-state index in [4.69, 9.17) is 9.26 Å². The monoisotopic (exact) mass is 333 g/mol. The minimum atomic E-state index is -0.679. The van der Waals surface area contributed by atoms with Crippen LogP contribution in [0.25, 0.3) is 0 Å². The van der Waals surface area contributed by atoms with Gasteiger partial charge in [-0.15, -0.1) is 0 Å². The Morgan fingerprint density at radius 3 is 2.58 bits per heavy atom. The fourth-order valence-electron chi connectivity index (χ4n) is 2.14. The maximum atomic E-state index is 10.1. The van der Waals surface area contributed by atoms with Crippen molar-refractivity contribution in [3.8, 4) is 5.75 Å². The number of benzene rings is 1. The highest BCUT2D eigenvalue weighted by atomic mass is 16.5. The lowest BCUT2D eigenvalue weighted by Crippen LogP contribution is -2.27. The highest BCUT2D eigenvalue weighted by Gasteiger charge is 2.22. The third kappa shape index (κ3) is 4.96. The van der Waals surface area contributed by atoms with Crippen LogP contribution in [0.4, 0.5) is 5.95 Å². The molecule has 1 atom stereocenters. The minimum Gasteiger partial charge on any atom is -0.491 e. The van der Waals surface area contributed by atoms with Gasteiger partial charge in [-0.25, -0.2) is 0 Å². The molecule has 0 radical (unpaired) electrons. The van der Waals surface area contributed by atoms with Crippen molar-refractivity contribution in [2.24, 2.45) is 0 Å². The molecule has 0 aliphatic rings. The first-order chi connectivity index (χ1) is 11.3. The van der Waals surface area contributed by atoms with Crippen molar-refractivity contribution in [3.63, 3.8) is 0 Å². The molecule has 6 nitrogen and oxygen atoms in total. The number of nitrogens with one attached hydrogen (secondary N) is 1. The van der Waals surface area contributed by atoms with E-state index in [1.54, 1.807) is 0 Å². The van der Waals surface area contributed by atoms with Gasteiger partial charge in [-0.2, -0.15) is 4.98 Å². The first-order valence-electron chi connectivity index (χ1n) is 8.25. The molecule has 0 bridgehead atoms. The van der Waals surface area contributed by atoms with Gasteiger partial charge in [-0.1, -0.05) is 52.8 Å². The third-order valence-electron chi connectivity index (χ3n) is 3.54. The molecule has 0 aliphatic carbocycles. The van der Waals surface area contributed by atoms with E-state index in [9.17, 15) is 5.11 Å². The van der Waals surface area contributed by atoms with E-state index >= 15 is 0 Å². The van der Waals surface area contributed by atoms with E-state index in [1.807, 2.05) is 45.0 Å². The summed E-state index contributed by atoms with van der Waals surface area (Å²) in [7, 11) is 0. The third-order valence-corrected chi connectivity index (χ3v) is 3.54. The van der Waals surface area contributed by atoms with Crippen LogP contribution < -0.4 is 10.1 Å². The maximum Gasteiger partial charge on any atom is 0.263 e. The Bertz CT molecular complexity index is 647. The number of aliphatic hydroxyl groups excluding tert-OH is 1. The van der Waals surface area contributed by atoms with Gasteiger partial charge >= 0.3 is 0 Å². The normalized spacial score (nSPS) is 13.1. The lowest BCUT2D eigenvalue weighted by Gasteiger charge is -2.16. The zero-order valence-corrected chi connectivity index (χ0v) is 15.0. The Balaban J connectivity index is 1.84. The number of hydrogen-bond donors (Lipinski definition) is 2. The largest absolute Gasteiger partial charge is 0.491 e. The van der Waals surface area contributed by atoms with Crippen LogP contribution in [0.15, 0.2) is 28.8 Å². The summed E-state index contributed by atoms with van der Waals surface area (Å²) in [6, 6.07) is 7.88. The SMILES string of the molecule is CC(C)c1ccccc1OCC(O)CNc1noc(C(C)(C)C)n1. The number of aromatic nitrogens is 2. The van der Waals surface area contributed by atoms with Crippen molar-refractivity contribution >= 4 is 5.95 Å². The molecule has 1 heterocycles. The van der Waals surface area contributed by atoms with Gasteiger partial charge in [-0.05, 0) is 22.7 Å². The van der Waals surface area contributed by atoms with Crippen LogP contribution in [0, 0.1) is 0 Å². The van der Waals surface area contributed by atoms with Gasteiger partial charge in [0.15, 0.2) is 0 Å². The predicted octanol–water partition coefficient (Wildman–Crippen LogP) is 3.34. The fourth-order valence-corrected chi connectivity index (χ4v) is 2.14. The number of hydrogen-bond acceptors (Lipinski definition) is 6. The maximum absolute atomic E-state index is 10.1. The van der Waals surface area contributed by atoms with E-state index in [1.165, 1.54) is 0 Å². The Hall–Kier alpha value is -2.08. The van der Waals surface area contributed by atoms with Crippen LogP contribution in [0.2, 0.25) is 0 Å². The summed E-state index contributed by atoms with van der Waals surface area (Å²) in [5.74, 6) is 2.11. The van der Waals surface area contributed by atoms with Crippen molar-refractivity contribution in [1.29, 1.82) is 0 Å². The molecule has 24 heavy (non-hydrogen) atoms. The molecular formula is C18H27N3O3. The fraction of sp³-hybridized carbons (Fsp3) is 0.556. The lowest BCUT2D eigenvalue weighted by atomic mass is 9.97. The van der Waals surface area contributed by atoms with Crippen LogP contribution in [0.1, 0.15) is 52.0 Å².